The molecule has 0 amide bonds. The van der Waals surface area contributed by atoms with Crippen molar-refractivity contribution in [3.8, 4) is 0 Å². The van der Waals surface area contributed by atoms with Gasteiger partial charge in [0.1, 0.15) is 0 Å². The summed E-state index contributed by atoms with van der Waals surface area (Å²) < 4.78 is 0. The topological polar surface area (TPSA) is 32.5 Å². The summed E-state index contributed by atoms with van der Waals surface area (Å²) in [6.07, 6.45) is 2.46. The van der Waals surface area contributed by atoms with E-state index in [4.69, 9.17) is 18.0 Å². The molecule has 3 nitrogen and oxygen atoms in total. The first-order valence-corrected chi connectivity index (χ1v) is 7.70. The Morgan fingerprint density at radius 1 is 1.25 bits per heavy atom. The summed E-state index contributed by atoms with van der Waals surface area (Å²) in [5, 5.41) is 0. The molecule has 0 bridgehead atoms. The van der Waals surface area contributed by atoms with Gasteiger partial charge in [-0.3, -0.25) is 4.90 Å². The van der Waals surface area contributed by atoms with Gasteiger partial charge < -0.3 is 10.6 Å². The number of likely N-dealkylation sites (tertiary alicyclic amines) is 1. The SMILES string of the molecule is CC1CCN(C(C(N)=S)c2ccc(N(C)C)cc2)CC1. The highest BCUT2D eigenvalue weighted by molar-refractivity contribution is 7.80. The fraction of sp³-hybridized carbons (Fsp3) is 0.562. The zero-order valence-electron chi connectivity index (χ0n) is 12.7. The van der Waals surface area contributed by atoms with Crippen LogP contribution < -0.4 is 10.6 Å². The van der Waals surface area contributed by atoms with E-state index < -0.39 is 0 Å². The molecule has 0 radical (unpaired) electrons. The van der Waals surface area contributed by atoms with Crippen molar-refractivity contribution < 1.29 is 0 Å². The molecule has 1 unspecified atom stereocenters. The molecule has 0 aliphatic carbocycles. The molecular weight excluding hydrogens is 266 g/mol. The molecule has 2 N–H and O–H groups in total. The van der Waals surface area contributed by atoms with Crippen LogP contribution in [0, 0.1) is 5.92 Å². The van der Waals surface area contributed by atoms with Gasteiger partial charge in [-0.15, -0.1) is 0 Å². The molecule has 1 heterocycles. The first-order valence-electron chi connectivity index (χ1n) is 7.29. The predicted molar refractivity (Wildman–Crippen MR) is 90.3 cm³/mol. The number of thiocarbonyl (C=S) groups is 1. The minimum atomic E-state index is 0.0775. The van der Waals surface area contributed by atoms with Crippen molar-refractivity contribution in [3.63, 3.8) is 0 Å². The second-order valence-electron chi connectivity index (χ2n) is 6.01. The highest BCUT2D eigenvalue weighted by Crippen LogP contribution is 2.28. The summed E-state index contributed by atoms with van der Waals surface area (Å²) in [6.45, 7) is 4.48. The van der Waals surface area contributed by atoms with Crippen LogP contribution in [-0.4, -0.2) is 37.1 Å². The Bertz CT molecular complexity index is 447. The van der Waals surface area contributed by atoms with Crippen LogP contribution in [0.5, 0.6) is 0 Å². The highest BCUT2D eigenvalue weighted by atomic mass is 32.1. The lowest BCUT2D eigenvalue weighted by Gasteiger charge is -2.36. The summed E-state index contributed by atoms with van der Waals surface area (Å²) in [5.41, 5.74) is 8.41. The Morgan fingerprint density at radius 2 is 1.80 bits per heavy atom. The maximum absolute atomic E-state index is 6.01. The average molecular weight is 291 g/mol. The van der Waals surface area contributed by atoms with Crippen LogP contribution in [0.4, 0.5) is 5.69 Å². The van der Waals surface area contributed by atoms with Gasteiger partial charge in [0.2, 0.25) is 0 Å². The van der Waals surface area contributed by atoms with Crippen LogP contribution in [0.15, 0.2) is 24.3 Å². The zero-order chi connectivity index (χ0) is 14.7. The third-order valence-corrected chi connectivity index (χ3v) is 4.40. The lowest BCUT2D eigenvalue weighted by Crippen LogP contribution is -2.41. The van der Waals surface area contributed by atoms with Crippen LogP contribution in [-0.2, 0) is 0 Å². The van der Waals surface area contributed by atoms with E-state index in [1.807, 2.05) is 14.1 Å². The number of piperidine rings is 1. The molecule has 0 saturated carbocycles. The lowest BCUT2D eigenvalue weighted by molar-refractivity contribution is 0.171. The lowest BCUT2D eigenvalue weighted by atomic mass is 9.95. The number of nitrogens with zero attached hydrogens (tertiary/aromatic N) is 2. The largest absolute Gasteiger partial charge is 0.392 e. The molecule has 1 aliphatic heterocycles. The fourth-order valence-electron chi connectivity index (χ4n) is 2.80. The highest BCUT2D eigenvalue weighted by Gasteiger charge is 2.26. The van der Waals surface area contributed by atoms with Crippen molar-refractivity contribution in [3.05, 3.63) is 29.8 Å². The molecule has 4 heteroatoms. The minimum absolute atomic E-state index is 0.0775. The first-order chi connectivity index (χ1) is 9.49. The van der Waals surface area contributed by atoms with Gasteiger partial charge in [-0.05, 0) is 49.5 Å². The van der Waals surface area contributed by atoms with Crippen molar-refractivity contribution >= 4 is 22.9 Å². The normalized spacial score (nSPS) is 18.8. The van der Waals surface area contributed by atoms with Gasteiger partial charge in [0.15, 0.2) is 0 Å². The average Bonchev–Trinajstić information content (AvgIpc) is 2.41. The Morgan fingerprint density at radius 3 is 2.25 bits per heavy atom. The number of hydrogen-bond acceptors (Lipinski definition) is 3. The van der Waals surface area contributed by atoms with Gasteiger partial charge in [0, 0.05) is 19.8 Å². The van der Waals surface area contributed by atoms with E-state index in [9.17, 15) is 0 Å². The van der Waals surface area contributed by atoms with Gasteiger partial charge in [0.05, 0.1) is 11.0 Å². The molecule has 20 heavy (non-hydrogen) atoms. The summed E-state index contributed by atoms with van der Waals surface area (Å²) in [5.74, 6) is 0.814. The van der Waals surface area contributed by atoms with Crippen molar-refractivity contribution in [2.45, 2.75) is 25.8 Å². The maximum Gasteiger partial charge on any atom is 0.0948 e. The molecule has 1 aromatic rings. The first kappa shape index (κ1) is 15.3. The molecule has 1 aromatic carbocycles. The van der Waals surface area contributed by atoms with Crippen LogP contribution >= 0.6 is 12.2 Å². The third-order valence-electron chi connectivity index (χ3n) is 4.18. The van der Waals surface area contributed by atoms with Crippen LogP contribution in [0.3, 0.4) is 0 Å². The van der Waals surface area contributed by atoms with Crippen LogP contribution in [0.25, 0.3) is 0 Å². The van der Waals surface area contributed by atoms with Crippen molar-refractivity contribution in [1.29, 1.82) is 0 Å². The zero-order valence-corrected chi connectivity index (χ0v) is 13.5. The van der Waals surface area contributed by atoms with E-state index in [1.54, 1.807) is 0 Å². The van der Waals surface area contributed by atoms with Crippen LogP contribution in [0.2, 0.25) is 0 Å². The molecule has 1 atom stereocenters. The van der Waals surface area contributed by atoms with Crippen LogP contribution in [0.1, 0.15) is 31.4 Å². The molecule has 110 valence electrons. The van der Waals surface area contributed by atoms with Gasteiger partial charge >= 0.3 is 0 Å². The van der Waals surface area contributed by atoms with Gasteiger partial charge in [-0.1, -0.05) is 31.3 Å². The molecular formula is C16H25N3S. The Kier molecular flexibility index (Phi) is 5.00. The van der Waals surface area contributed by atoms with Crippen molar-refractivity contribution in [2.75, 3.05) is 32.1 Å². The molecule has 1 fully saturated rings. The van der Waals surface area contributed by atoms with E-state index in [-0.39, 0.29) is 6.04 Å². The molecule has 2 rings (SSSR count). The minimum Gasteiger partial charge on any atom is -0.392 e. The van der Waals surface area contributed by atoms with E-state index in [1.165, 1.54) is 24.1 Å². The van der Waals surface area contributed by atoms with E-state index >= 15 is 0 Å². The number of hydrogen-bond donors (Lipinski definition) is 1. The molecule has 0 aromatic heterocycles. The van der Waals surface area contributed by atoms with Gasteiger partial charge in [-0.25, -0.2) is 0 Å². The van der Waals surface area contributed by atoms with E-state index in [2.05, 4.69) is 41.0 Å². The van der Waals surface area contributed by atoms with Crippen molar-refractivity contribution in [2.24, 2.45) is 11.7 Å². The quantitative estimate of drug-likeness (QED) is 0.865. The van der Waals surface area contributed by atoms with Crippen molar-refractivity contribution in [1.82, 2.24) is 4.90 Å². The third kappa shape index (κ3) is 3.49. The summed E-state index contributed by atoms with van der Waals surface area (Å²) in [6, 6.07) is 8.64. The fourth-order valence-corrected chi connectivity index (χ4v) is 3.08. The standard InChI is InChI=1S/C16H25N3S/c1-12-8-10-19(11-9-12)15(16(17)20)13-4-6-14(7-5-13)18(2)3/h4-7,12,15H,8-11H2,1-3H3,(H2,17,20). The molecule has 0 spiro atoms. The summed E-state index contributed by atoms with van der Waals surface area (Å²) in [4.78, 5) is 5.10. The van der Waals surface area contributed by atoms with E-state index in [0.717, 1.165) is 19.0 Å². The van der Waals surface area contributed by atoms with E-state index in [0.29, 0.717) is 4.99 Å². The Hall–Kier alpha value is -1.13. The number of nitrogens with two attached hydrogens (primary N) is 1. The monoisotopic (exact) mass is 291 g/mol. The second kappa shape index (κ2) is 6.55. The smallest absolute Gasteiger partial charge is 0.0948 e. The van der Waals surface area contributed by atoms with Gasteiger partial charge in [-0.2, -0.15) is 0 Å². The number of rotatable bonds is 4. The van der Waals surface area contributed by atoms with Gasteiger partial charge in [0.25, 0.3) is 0 Å². The predicted octanol–water partition coefficient (Wildman–Crippen LogP) is 2.81. The summed E-state index contributed by atoms with van der Waals surface area (Å²) >= 11 is 5.32. The Balaban J connectivity index is 2.18. The second-order valence-corrected chi connectivity index (χ2v) is 6.48. The summed E-state index contributed by atoms with van der Waals surface area (Å²) in [7, 11) is 4.10. The molecule has 1 aliphatic rings. The number of benzene rings is 1. The molecule has 1 saturated heterocycles. The maximum atomic E-state index is 6.01. The Labute approximate surface area is 127 Å². The number of anilines is 1.